The maximum absolute atomic E-state index is 2.19. The Morgan fingerprint density at radius 3 is 0.778 bits per heavy atom. The monoisotopic (exact) mass is 131 g/mol. The molecule has 58 valence electrons. The minimum Gasteiger partial charge on any atom is -0.312 e. The van der Waals surface area contributed by atoms with Crippen molar-refractivity contribution < 1.29 is 0 Å². The molecule has 0 saturated carbocycles. The molecule has 9 heavy (non-hydrogen) atoms. The van der Waals surface area contributed by atoms with Gasteiger partial charge in [-0.25, -0.2) is 0 Å². The molecule has 0 aliphatic heterocycles. The Morgan fingerprint density at radius 1 is 0.778 bits per heavy atom. The van der Waals surface area contributed by atoms with Crippen LogP contribution in [0, 0.1) is 5.41 Å². The van der Waals surface area contributed by atoms with Crippen LogP contribution in [0.3, 0.4) is 0 Å². The zero-order valence-electron chi connectivity index (χ0n) is 7.95. The number of nitrogens with zero attached hydrogens (tertiary/aromatic N) is 1. The molecule has 0 saturated heterocycles. The molecule has 0 heterocycles. The highest BCUT2D eigenvalue weighted by Gasteiger charge is 1.95. The minimum absolute atomic E-state index is 0.500. The molecule has 0 aromatic rings. The lowest BCUT2D eigenvalue weighted by atomic mass is 10.0. The molecule has 0 N–H and O–H groups in total. The molecule has 1 heteroatoms. The van der Waals surface area contributed by atoms with Gasteiger partial charge in [-0.1, -0.05) is 27.7 Å². The fourth-order valence-corrected chi connectivity index (χ4v) is 0. The van der Waals surface area contributed by atoms with Gasteiger partial charge in [-0.2, -0.15) is 0 Å². The Kier molecular flexibility index (Phi) is 6.25. The summed E-state index contributed by atoms with van der Waals surface area (Å²) in [4.78, 5) is 2.00. The molecule has 0 amide bonds. The second-order valence-electron chi connectivity index (χ2n) is 4.34. The molecule has 0 rings (SSSR count). The molecule has 0 bridgehead atoms. The molecule has 0 aliphatic carbocycles. The van der Waals surface area contributed by atoms with E-state index in [1.54, 1.807) is 0 Å². The molecule has 1 nitrogen and oxygen atoms in total. The van der Waals surface area contributed by atoms with Gasteiger partial charge < -0.3 is 4.90 Å². The molecule has 0 atom stereocenters. The number of hydrogen-bond donors (Lipinski definition) is 0. The Balaban J connectivity index is 0. The third-order valence-electron chi connectivity index (χ3n) is 0. The van der Waals surface area contributed by atoms with Crippen molar-refractivity contribution in [2.24, 2.45) is 5.41 Å². The summed E-state index contributed by atoms with van der Waals surface area (Å²) >= 11 is 0. The van der Waals surface area contributed by atoms with E-state index in [1.165, 1.54) is 0 Å². The largest absolute Gasteiger partial charge is 0.312 e. The lowest BCUT2D eigenvalue weighted by Crippen LogP contribution is -1.99. The van der Waals surface area contributed by atoms with Crippen LogP contribution in [0.5, 0.6) is 0 Å². The highest BCUT2D eigenvalue weighted by Crippen LogP contribution is 2.07. The van der Waals surface area contributed by atoms with E-state index in [2.05, 4.69) is 27.7 Å². The summed E-state index contributed by atoms with van der Waals surface area (Å²) in [5.74, 6) is 0. The van der Waals surface area contributed by atoms with E-state index in [1.807, 2.05) is 26.0 Å². The molecule has 0 aliphatic rings. The van der Waals surface area contributed by atoms with Gasteiger partial charge in [0, 0.05) is 0 Å². The summed E-state index contributed by atoms with van der Waals surface area (Å²) in [6, 6.07) is 0. The highest BCUT2D eigenvalue weighted by atomic mass is 15.0. The molecule has 0 radical (unpaired) electrons. The van der Waals surface area contributed by atoms with Crippen molar-refractivity contribution in [3.05, 3.63) is 0 Å². The zero-order valence-corrected chi connectivity index (χ0v) is 7.95. The van der Waals surface area contributed by atoms with Crippen molar-refractivity contribution in [1.82, 2.24) is 4.90 Å². The molecular weight excluding hydrogens is 110 g/mol. The standard InChI is InChI=1S/C5H12.C3H9N/c1-5(2,3)4;1-4(2)3/h1-4H3;1-3H3. The van der Waals surface area contributed by atoms with E-state index >= 15 is 0 Å². The molecular formula is C8H21N. The third kappa shape index (κ3) is 177000. The summed E-state index contributed by atoms with van der Waals surface area (Å²) in [5, 5.41) is 0. The van der Waals surface area contributed by atoms with E-state index < -0.39 is 0 Å². The van der Waals surface area contributed by atoms with Gasteiger partial charge in [-0.15, -0.1) is 0 Å². The van der Waals surface area contributed by atoms with Gasteiger partial charge >= 0.3 is 0 Å². The first-order valence-electron chi connectivity index (χ1n) is 3.34. The molecule has 0 unspecified atom stereocenters. The minimum atomic E-state index is 0.500. The summed E-state index contributed by atoms with van der Waals surface area (Å²) in [5.41, 5.74) is 0.500. The Morgan fingerprint density at radius 2 is 0.778 bits per heavy atom. The van der Waals surface area contributed by atoms with Gasteiger partial charge in [0.25, 0.3) is 0 Å². The van der Waals surface area contributed by atoms with Gasteiger partial charge in [-0.05, 0) is 26.6 Å². The molecule has 0 fully saturated rings. The summed E-state index contributed by atoms with van der Waals surface area (Å²) in [6.45, 7) is 8.75. The first-order chi connectivity index (χ1) is 3.73. The first-order valence-corrected chi connectivity index (χ1v) is 3.34. The lowest BCUT2D eigenvalue weighted by molar-refractivity contribution is 0.469. The van der Waals surface area contributed by atoms with E-state index in [0.29, 0.717) is 5.41 Å². The quantitative estimate of drug-likeness (QED) is 0.487. The van der Waals surface area contributed by atoms with Crippen molar-refractivity contribution in [2.75, 3.05) is 21.1 Å². The van der Waals surface area contributed by atoms with Crippen molar-refractivity contribution in [2.45, 2.75) is 27.7 Å². The highest BCUT2D eigenvalue weighted by molar-refractivity contribution is 4.47. The lowest BCUT2D eigenvalue weighted by Gasteiger charge is -2.05. The third-order valence-corrected chi connectivity index (χ3v) is 0. The average Bonchev–Trinajstić information content (AvgIpc) is 1.19. The number of hydrogen-bond acceptors (Lipinski definition) is 1. The van der Waals surface area contributed by atoms with Crippen LogP contribution in [-0.4, -0.2) is 26.0 Å². The van der Waals surface area contributed by atoms with E-state index in [4.69, 9.17) is 0 Å². The smallest absolute Gasteiger partial charge is 0.0140 e. The van der Waals surface area contributed by atoms with Crippen LogP contribution >= 0.6 is 0 Å². The predicted molar refractivity (Wildman–Crippen MR) is 44.7 cm³/mol. The number of rotatable bonds is 0. The Labute approximate surface area is 60.1 Å². The van der Waals surface area contributed by atoms with Crippen molar-refractivity contribution in [1.29, 1.82) is 0 Å². The van der Waals surface area contributed by atoms with Crippen molar-refractivity contribution >= 4 is 0 Å². The van der Waals surface area contributed by atoms with E-state index in [0.717, 1.165) is 0 Å². The predicted octanol–water partition coefficient (Wildman–Crippen LogP) is 2.23. The summed E-state index contributed by atoms with van der Waals surface area (Å²) in [6.07, 6.45) is 0. The van der Waals surface area contributed by atoms with Crippen LogP contribution in [0.4, 0.5) is 0 Å². The zero-order chi connectivity index (χ0) is 8.08. The average molecular weight is 131 g/mol. The molecule has 0 aromatic carbocycles. The normalized spacial score (nSPS) is 10.7. The topological polar surface area (TPSA) is 3.24 Å². The van der Waals surface area contributed by atoms with Crippen molar-refractivity contribution in [3.63, 3.8) is 0 Å². The van der Waals surface area contributed by atoms with Gasteiger partial charge in [0.1, 0.15) is 0 Å². The summed E-state index contributed by atoms with van der Waals surface area (Å²) in [7, 11) is 6.00. The van der Waals surface area contributed by atoms with Gasteiger partial charge in [0.2, 0.25) is 0 Å². The van der Waals surface area contributed by atoms with Crippen LogP contribution in [0.15, 0.2) is 0 Å². The SMILES string of the molecule is CC(C)(C)C.CN(C)C. The van der Waals surface area contributed by atoms with Gasteiger partial charge in [0.15, 0.2) is 0 Å². The van der Waals surface area contributed by atoms with Gasteiger partial charge in [0.05, 0.1) is 0 Å². The van der Waals surface area contributed by atoms with Crippen LogP contribution in [-0.2, 0) is 0 Å². The fraction of sp³-hybridized carbons (Fsp3) is 1.00. The van der Waals surface area contributed by atoms with Crippen LogP contribution < -0.4 is 0 Å². The van der Waals surface area contributed by atoms with Crippen LogP contribution in [0.25, 0.3) is 0 Å². The van der Waals surface area contributed by atoms with Crippen molar-refractivity contribution in [3.8, 4) is 0 Å². The first kappa shape index (κ1) is 11.7. The Bertz CT molecular complexity index is 41.3. The van der Waals surface area contributed by atoms with Crippen LogP contribution in [0.2, 0.25) is 0 Å². The Hall–Kier alpha value is -0.0400. The van der Waals surface area contributed by atoms with Gasteiger partial charge in [-0.3, -0.25) is 0 Å². The van der Waals surface area contributed by atoms with E-state index in [9.17, 15) is 0 Å². The van der Waals surface area contributed by atoms with E-state index in [-0.39, 0.29) is 0 Å². The fourth-order valence-electron chi connectivity index (χ4n) is 0. The second-order valence-corrected chi connectivity index (χ2v) is 4.34. The second kappa shape index (κ2) is 4.80. The molecule has 0 spiro atoms. The summed E-state index contributed by atoms with van der Waals surface area (Å²) < 4.78 is 0. The maximum Gasteiger partial charge on any atom is -0.0140 e. The maximum atomic E-state index is 2.19. The molecule has 0 aromatic heterocycles. The van der Waals surface area contributed by atoms with Crippen LogP contribution in [0.1, 0.15) is 27.7 Å².